The van der Waals surface area contributed by atoms with Gasteiger partial charge in [0.05, 0.1) is 17.5 Å². The lowest BCUT2D eigenvalue weighted by molar-refractivity contribution is -0.108. The van der Waals surface area contributed by atoms with E-state index in [1.807, 2.05) is 59.1 Å². The zero-order chi connectivity index (χ0) is 34.4. The first-order chi connectivity index (χ1) is 23.0. The van der Waals surface area contributed by atoms with Crippen LogP contribution in [0.1, 0.15) is 74.1 Å². The Kier molecular flexibility index (Phi) is 11.3. The van der Waals surface area contributed by atoms with Crippen molar-refractivity contribution in [2.45, 2.75) is 71.1 Å². The van der Waals surface area contributed by atoms with Crippen LogP contribution < -0.4 is 19.7 Å². The van der Waals surface area contributed by atoms with Gasteiger partial charge in [-0.2, -0.15) is 0 Å². The van der Waals surface area contributed by atoms with E-state index in [1.165, 1.54) is 24.5 Å². The number of fused-ring (bicyclic) bond motifs is 1. The molecule has 2 aliphatic heterocycles. The van der Waals surface area contributed by atoms with Crippen LogP contribution in [0.5, 0.6) is 17.2 Å². The third-order valence-corrected chi connectivity index (χ3v) is 8.95. The number of ether oxygens (including phenoxy) is 2. The molecular formula is C36H48FN7O4. The minimum Gasteiger partial charge on any atom is -0.490 e. The minimum absolute atomic E-state index is 0.0451. The molecule has 2 fully saturated rings. The standard InChI is InChI=1S/C33H39FN6O4.C3H9N/c1-4-40(21(2)3)32(42)24-14-22(34)7-8-27(24)44-29-17-35-20-38-31(29)39-18-33(19-39)15-23(16-33)43-28-10-12-37-26-9-11-36-25(30(26)28)6-5-13-41;1-4(2)3/h7-8,10,12-14,17,20-21,23,25,36H,4-6,9,11,15-16,18-19H2,1-3H3;1-3H3. The van der Waals surface area contributed by atoms with Crippen molar-refractivity contribution in [3.05, 3.63) is 65.6 Å². The summed E-state index contributed by atoms with van der Waals surface area (Å²) in [5, 5.41) is 3.52. The molecule has 1 atom stereocenters. The molecule has 1 aliphatic carbocycles. The number of halogens is 1. The monoisotopic (exact) mass is 661 g/mol. The van der Waals surface area contributed by atoms with Crippen LogP contribution >= 0.6 is 0 Å². The van der Waals surface area contributed by atoms with E-state index < -0.39 is 5.82 Å². The number of nitrogens with one attached hydrogen (secondary N) is 1. The number of aldehydes is 1. The molecule has 48 heavy (non-hydrogen) atoms. The number of rotatable bonds is 11. The lowest BCUT2D eigenvalue weighted by atomic mass is 9.61. The average Bonchev–Trinajstić information content (AvgIpc) is 3.01. The number of aromatic nitrogens is 3. The van der Waals surface area contributed by atoms with Gasteiger partial charge in [-0.05, 0) is 85.4 Å². The summed E-state index contributed by atoms with van der Waals surface area (Å²) in [6.45, 7) is 8.68. The van der Waals surface area contributed by atoms with Crippen molar-refractivity contribution in [1.82, 2.24) is 30.1 Å². The molecule has 3 aromatic rings. The Balaban J connectivity index is 0.00000107. The first kappa shape index (κ1) is 35.2. The predicted molar refractivity (Wildman–Crippen MR) is 182 cm³/mol. The normalized spacial score (nSPS) is 17.9. The van der Waals surface area contributed by atoms with Crippen molar-refractivity contribution >= 4 is 18.0 Å². The highest BCUT2D eigenvalue weighted by Gasteiger charge is 2.54. The van der Waals surface area contributed by atoms with E-state index in [4.69, 9.17) is 9.47 Å². The van der Waals surface area contributed by atoms with Gasteiger partial charge in [-0.3, -0.25) is 9.78 Å². The first-order valence-electron chi connectivity index (χ1n) is 16.8. The second kappa shape index (κ2) is 15.4. The molecule has 11 nitrogen and oxygen atoms in total. The van der Waals surface area contributed by atoms with Crippen LogP contribution in [0.25, 0.3) is 0 Å². The molecule has 0 radical (unpaired) electrons. The van der Waals surface area contributed by atoms with Gasteiger partial charge in [0.1, 0.15) is 36.0 Å². The average molecular weight is 662 g/mol. The maximum Gasteiger partial charge on any atom is 0.257 e. The van der Waals surface area contributed by atoms with Gasteiger partial charge in [0.2, 0.25) is 0 Å². The predicted octanol–water partition coefficient (Wildman–Crippen LogP) is 5.07. The molecule has 1 N–H and O–H groups in total. The van der Waals surface area contributed by atoms with E-state index >= 15 is 0 Å². The second-order valence-corrected chi connectivity index (χ2v) is 13.7. The fourth-order valence-corrected chi connectivity index (χ4v) is 6.85. The number of amides is 1. The third-order valence-electron chi connectivity index (χ3n) is 8.95. The first-order valence-corrected chi connectivity index (χ1v) is 16.8. The molecule has 12 heteroatoms. The van der Waals surface area contributed by atoms with Gasteiger partial charge >= 0.3 is 0 Å². The molecule has 6 rings (SSSR count). The number of carbonyl (C=O) groups is 2. The van der Waals surface area contributed by atoms with Crippen molar-refractivity contribution < 1.29 is 23.5 Å². The Labute approximate surface area is 282 Å². The summed E-state index contributed by atoms with van der Waals surface area (Å²) in [5.41, 5.74) is 2.44. The van der Waals surface area contributed by atoms with Crippen LogP contribution in [0.2, 0.25) is 0 Å². The van der Waals surface area contributed by atoms with E-state index in [2.05, 4.69) is 25.2 Å². The summed E-state index contributed by atoms with van der Waals surface area (Å²) in [6.07, 6.45) is 9.87. The lowest BCUT2D eigenvalue weighted by Crippen LogP contribution is -2.65. The molecule has 1 unspecified atom stereocenters. The highest BCUT2D eigenvalue weighted by molar-refractivity contribution is 5.97. The van der Waals surface area contributed by atoms with Gasteiger partial charge in [-0.1, -0.05) is 0 Å². The van der Waals surface area contributed by atoms with Crippen LogP contribution in [0, 0.1) is 11.2 Å². The quantitative estimate of drug-likeness (QED) is 0.280. The number of anilines is 1. The molecule has 3 aliphatic rings. The van der Waals surface area contributed by atoms with Gasteiger partial charge in [0.25, 0.3) is 5.91 Å². The summed E-state index contributed by atoms with van der Waals surface area (Å²) in [5.74, 6) is 1.39. The van der Waals surface area contributed by atoms with Crippen LogP contribution in [0.3, 0.4) is 0 Å². The molecule has 1 spiro atoms. The van der Waals surface area contributed by atoms with Crippen molar-refractivity contribution in [3.8, 4) is 17.2 Å². The molecule has 1 amide bonds. The number of nitrogens with zero attached hydrogens (tertiary/aromatic N) is 6. The highest BCUT2D eigenvalue weighted by atomic mass is 19.1. The van der Waals surface area contributed by atoms with Crippen LogP contribution in [0.4, 0.5) is 10.2 Å². The smallest absolute Gasteiger partial charge is 0.257 e. The summed E-state index contributed by atoms with van der Waals surface area (Å²) in [4.78, 5) is 43.4. The second-order valence-electron chi connectivity index (χ2n) is 13.7. The maximum atomic E-state index is 14.2. The van der Waals surface area contributed by atoms with Crippen molar-refractivity contribution in [1.29, 1.82) is 0 Å². The molecule has 1 saturated carbocycles. The van der Waals surface area contributed by atoms with Gasteiger partial charge in [-0.15, -0.1) is 0 Å². The highest BCUT2D eigenvalue weighted by Crippen LogP contribution is 2.52. The van der Waals surface area contributed by atoms with E-state index in [9.17, 15) is 14.0 Å². The summed E-state index contributed by atoms with van der Waals surface area (Å²) in [7, 11) is 6.00. The molecule has 2 aromatic heterocycles. The van der Waals surface area contributed by atoms with Gasteiger partial charge in [0.15, 0.2) is 11.6 Å². The van der Waals surface area contributed by atoms with Gasteiger partial charge in [-0.25, -0.2) is 14.4 Å². The molecule has 1 aromatic carbocycles. The van der Waals surface area contributed by atoms with Crippen LogP contribution in [-0.2, 0) is 11.2 Å². The van der Waals surface area contributed by atoms with E-state index in [0.717, 1.165) is 68.6 Å². The maximum absolute atomic E-state index is 14.2. The number of carbonyl (C=O) groups excluding carboxylic acids is 2. The van der Waals surface area contributed by atoms with Gasteiger partial charge in [0, 0.05) is 68.3 Å². The fourth-order valence-electron chi connectivity index (χ4n) is 6.85. The molecule has 0 bridgehead atoms. The van der Waals surface area contributed by atoms with E-state index in [0.29, 0.717) is 24.5 Å². The number of benzene rings is 1. The largest absolute Gasteiger partial charge is 0.490 e. The summed E-state index contributed by atoms with van der Waals surface area (Å²) < 4.78 is 27.0. The molecule has 1 saturated heterocycles. The van der Waals surface area contributed by atoms with E-state index in [1.54, 1.807) is 11.1 Å². The topological polar surface area (TPSA) is 113 Å². The Morgan fingerprint density at radius 3 is 2.58 bits per heavy atom. The van der Waals surface area contributed by atoms with Gasteiger partial charge < -0.3 is 34.3 Å². The van der Waals surface area contributed by atoms with Crippen molar-refractivity contribution in [3.63, 3.8) is 0 Å². The van der Waals surface area contributed by atoms with E-state index in [-0.39, 0.29) is 40.8 Å². The Morgan fingerprint density at radius 1 is 1.15 bits per heavy atom. The summed E-state index contributed by atoms with van der Waals surface area (Å²) in [6, 6.07) is 5.96. The molecular weight excluding hydrogens is 613 g/mol. The Hall–Kier alpha value is -4.16. The number of hydrogen-bond donors (Lipinski definition) is 1. The zero-order valence-corrected chi connectivity index (χ0v) is 28.9. The number of hydrogen-bond acceptors (Lipinski definition) is 10. The fraction of sp³-hybridized carbons (Fsp3) is 0.528. The SMILES string of the molecule is CCN(C(=O)c1cc(F)ccc1Oc1cncnc1N1CC2(CC(Oc3ccnc4c3C(CCC=O)NCC4)C2)C1)C(C)C.CN(C)C. The minimum atomic E-state index is -0.503. The van der Waals surface area contributed by atoms with Crippen LogP contribution in [-0.4, -0.2) is 96.4 Å². The Morgan fingerprint density at radius 2 is 1.90 bits per heavy atom. The number of pyridine rings is 1. The zero-order valence-electron chi connectivity index (χ0n) is 28.9. The van der Waals surface area contributed by atoms with Crippen LogP contribution in [0.15, 0.2) is 43.0 Å². The molecule has 4 heterocycles. The third kappa shape index (κ3) is 7.92. The lowest BCUT2D eigenvalue weighted by Gasteiger charge is -2.59. The Bertz CT molecular complexity index is 1570. The van der Waals surface area contributed by atoms with Crippen molar-refractivity contribution in [2.75, 3.05) is 52.2 Å². The van der Waals surface area contributed by atoms with Crippen molar-refractivity contribution in [2.24, 2.45) is 5.41 Å². The summed E-state index contributed by atoms with van der Waals surface area (Å²) >= 11 is 0. The molecule has 258 valence electrons.